The standard InChI is InChI=1S/C14H21NO2/c1-10(2)11-3-5-13-12(9-11)4-6-14(17)15(13)7-8-16/h3,5,9-10,14,16-17H,4,6-8H2,1-2H3. The van der Waals surface area contributed by atoms with Crippen molar-refractivity contribution >= 4 is 5.69 Å². The molecule has 3 nitrogen and oxygen atoms in total. The fraction of sp³-hybridized carbons (Fsp3) is 0.571. The summed E-state index contributed by atoms with van der Waals surface area (Å²) in [6.07, 6.45) is 1.20. The highest BCUT2D eigenvalue weighted by Gasteiger charge is 2.24. The SMILES string of the molecule is CC(C)c1ccc2c(c1)CCC(O)N2CCO. The van der Waals surface area contributed by atoms with Gasteiger partial charge in [0.1, 0.15) is 6.23 Å². The molecule has 0 fully saturated rings. The van der Waals surface area contributed by atoms with Crippen molar-refractivity contribution in [2.45, 2.75) is 38.8 Å². The Morgan fingerprint density at radius 1 is 1.41 bits per heavy atom. The first kappa shape index (κ1) is 12.4. The van der Waals surface area contributed by atoms with Crippen LogP contribution in [0.5, 0.6) is 0 Å². The summed E-state index contributed by atoms with van der Waals surface area (Å²) in [5, 5.41) is 19.0. The maximum atomic E-state index is 9.94. The first-order chi connectivity index (χ1) is 8.13. The highest BCUT2D eigenvalue weighted by Crippen LogP contribution is 2.32. The first-order valence-corrected chi connectivity index (χ1v) is 6.32. The van der Waals surface area contributed by atoms with Gasteiger partial charge < -0.3 is 15.1 Å². The number of anilines is 1. The highest BCUT2D eigenvalue weighted by molar-refractivity contribution is 5.57. The third-order valence-corrected chi connectivity index (χ3v) is 3.45. The van der Waals surface area contributed by atoms with Gasteiger partial charge in [-0.2, -0.15) is 0 Å². The van der Waals surface area contributed by atoms with E-state index in [1.165, 1.54) is 11.1 Å². The molecule has 17 heavy (non-hydrogen) atoms. The van der Waals surface area contributed by atoms with Crippen LogP contribution in [0, 0.1) is 0 Å². The fourth-order valence-corrected chi connectivity index (χ4v) is 2.42. The molecule has 1 atom stereocenters. The number of hydrogen-bond acceptors (Lipinski definition) is 3. The zero-order chi connectivity index (χ0) is 12.4. The van der Waals surface area contributed by atoms with Crippen LogP contribution in [0.2, 0.25) is 0 Å². The number of aryl methyl sites for hydroxylation is 1. The van der Waals surface area contributed by atoms with Crippen molar-refractivity contribution < 1.29 is 10.2 Å². The quantitative estimate of drug-likeness (QED) is 0.840. The van der Waals surface area contributed by atoms with E-state index in [9.17, 15) is 5.11 Å². The van der Waals surface area contributed by atoms with Crippen LogP contribution in [0.4, 0.5) is 5.69 Å². The van der Waals surface area contributed by atoms with Gasteiger partial charge in [0.15, 0.2) is 0 Å². The molecule has 1 heterocycles. The molecule has 0 aliphatic carbocycles. The molecule has 0 saturated heterocycles. The minimum absolute atomic E-state index is 0.0719. The van der Waals surface area contributed by atoms with E-state index in [1.807, 2.05) is 4.90 Å². The van der Waals surface area contributed by atoms with Gasteiger partial charge in [0, 0.05) is 12.2 Å². The van der Waals surface area contributed by atoms with Crippen molar-refractivity contribution in [3.63, 3.8) is 0 Å². The van der Waals surface area contributed by atoms with E-state index in [0.29, 0.717) is 12.5 Å². The lowest BCUT2D eigenvalue weighted by molar-refractivity contribution is 0.145. The molecule has 0 aromatic heterocycles. The molecule has 1 aliphatic rings. The van der Waals surface area contributed by atoms with Crippen molar-refractivity contribution in [2.24, 2.45) is 0 Å². The van der Waals surface area contributed by atoms with E-state index in [-0.39, 0.29) is 6.61 Å². The third-order valence-electron chi connectivity index (χ3n) is 3.45. The Hall–Kier alpha value is -1.06. The van der Waals surface area contributed by atoms with Gasteiger partial charge in [0.2, 0.25) is 0 Å². The van der Waals surface area contributed by atoms with Crippen molar-refractivity contribution in [3.05, 3.63) is 29.3 Å². The molecule has 1 unspecified atom stereocenters. The molecule has 0 radical (unpaired) electrons. The lowest BCUT2D eigenvalue weighted by atomic mass is 9.94. The number of fused-ring (bicyclic) bond motifs is 1. The van der Waals surface area contributed by atoms with Crippen LogP contribution in [-0.4, -0.2) is 29.6 Å². The van der Waals surface area contributed by atoms with E-state index >= 15 is 0 Å². The summed E-state index contributed by atoms with van der Waals surface area (Å²) in [7, 11) is 0. The maximum absolute atomic E-state index is 9.94. The average molecular weight is 235 g/mol. The summed E-state index contributed by atoms with van der Waals surface area (Å²) in [4.78, 5) is 1.89. The Morgan fingerprint density at radius 2 is 2.18 bits per heavy atom. The second-order valence-electron chi connectivity index (χ2n) is 4.98. The van der Waals surface area contributed by atoms with E-state index < -0.39 is 6.23 Å². The van der Waals surface area contributed by atoms with E-state index in [0.717, 1.165) is 18.5 Å². The Morgan fingerprint density at radius 3 is 2.82 bits per heavy atom. The predicted octanol–water partition coefficient (Wildman–Crippen LogP) is 1.87. The normalized spacial score (nSPS) is 19.6. The summed E-state index contributed by atoms with van der Waals surface area (Å²) >= 11 is 0. The largest absolute Gasteiger partial charge is 0.395 e. The van der Waals surface area contributed by atoms with Gasteiger partial charge >= 0.3 is 0 Å². The summed E-state index contributed by atoms with van der Waals surface area (Å²) in [6.45, 7) is 4.94. The minimum Gasteiger partial charge on any atom is -0.395 e. The van der Waals surface area contributed by atoms with Crippen LogP contribution in [0.3, 0.4) is 0 Å². The molecule has 3 heteroatoms. The van der Waals surface area contributed by atoms with Crippen molar-refractivity contribution in [3.8, 4) is 0 Å². The van der Waals surface area contributed by atoms with Gasteiger partial charge in [-0.15, -0.1) is 0 Å². The number of aliphatic hydroxyl groups excluding tert-OH is 2. The molecule has 2 N–H and O–H groups in total. The summed E-state index contributed by atoms with van der Waals surface area (Å²) < 4.78 is 0. The average Bonchev–Trinajstić information content (AvgIpc) is 2.32. The van der Waals surface area contributed by atoms with E-state index in [1.54, 1.807) is 0 Å². The zero-order valence-corrected chi connectivity index (χ0v) is 10.6. The molecular weight excluding hydrogens is 214 g/mol. The smallest absolute Gasteiger partial charge is 0.127 e. The minimum atomic E-state index is -0.459. The lowest BCUT2D eigenvalue weighted by Gasteiger charge is -2.35. The van der Waals surface area contributed by atoms with Gasteiger partial charge in [-0.1, -0.05) is 26.0 Å². The third kappa shape index (κ3) is 2.45. The molecule has 0 amide bonds. The highest BCUT2D eigenvalue weighted by atomic mass is 16.3. The Balaban J connectivity index is 2.33. The monoisotopic (exact) mass is 235 g/mol. The molecule has 2 rings (SSSR count). The summed E-state index contributed by atoms with van der Waals surface area (Å²) in [5.74, 6) is 0.526. The second-order valence-corrected chi connectivity index (χ2v) is 4.98. The van der Waals surface area contributed by atoms with Gasteiger partial charge in [-0.25, -0.2) is 0 Å². The molecule has 1 aliphatic heterocycles. The number of aliphatic hydroxyl groups is 2. The summed E-state index contributed by atoms with van der Waals surface area (Å²) in [5.41, 5.74) is 3.70. The van der Waals surface area contributed by atoms with Crippen molar-refractivity contribution in [1.82, 2.24) is 0 Å². The van der Waals surface area contributed by atoms with Crippen LogP contribution in [-0.2, 0) is 6.42 Å². The molecule has 0 bridgehead atoms. The second kappa shape index (κ2) is 5.07. The van der Waals surface area contributed by atoms with E-state index in [2.05, 4.69) is 32.0 Å². The Bertz CT molecular complexity index is 390. The molecule has 94 valence electrons. The number of rotatable bonds is 3. The van der Waals surface area contributed by atoms with Gasteiger partial charge in [-0.3, -0.25) is 0 Å². The van der Waals surface area contributed by atoms with Crippen LogP contribution in [0.25, 0.3) is 0 Å². The maximum Gasteiger partial charge on any atom is 0.127 e. The summed E-state index contributed by atoms with van der Waals surface area (Å²) in [6, 6.07) is 6.42. The number of nitrogens with zero attached hydrogens (tertiary/aromatic N) is 1. The van der Waals surface area contributed by atoms with Crippen LogP contribution in [0.1, 0.15) is 37.3 Å². The van der Waals surface area contributed by atoms with Gasteiger partial charge in [0.25, 0.3) is 0 Å². The number of benzene rings is 1. The number of hydrogen-bond donors (Lipinski definition) is 2. The lowest BCUT2D eigenvalue weighted by Crippen LogP contribution is -2.41. The Labute approximate surface area is 103 Å². The van der Waals surface area contributed by atoms with Gasteiger partial charge in [-0.05, 0) is 36.0 Å². The molecule has 1 aromatic rings. The number of β-amino-alcohol motifs (C(OH)–C–C–N with tert-alkyl or cyclic N) is 1. The molecular formula is C14H21NO2. The van der Waals surface area contributed by atoms with Crippen LogP contribution < -0.4 is 4.90 Å². The van der Waals surface area contributed by atoms with Crippen molar-refractivity contribution in [2.75, 3.05) is 18.1 Å². The van der Waals surface area contributed by atoms with Crippen LogP contribution >= 0.6 is 0 Å². The van der Waals surface area contributed by atoms with E-state index in [4.69, 9.17) is 5.11 Å². The van der Waals surface area contributed by atoms with Gasteiger partial charge in [0.05, 0.1) is 6.61 Å². The Kier molecular flexibility index (Phi) is 3.69. The molecule has 0 spiro atoms. The topological polar surface area (TPSA) is 43.7 Å². The first-order valence-electron chi connectivity index (χ1n) is 6.32. The van der Waals surface area contributed by atoms with Crippen LogP contribution in [0.15, 0.2) is 18.2 Å². The fourth-order valence-electron chi connectivity index (χ4n) is 2.42. The van der Waals surface area contributed by atoms with Crippen molar-refractivity contribution in [1.29, 1.82) is 0 Å². The zero-order valence-electron chi connectivity index (χ0n) is 10.6. The predicted molar refractivity (Wildman–Crippen MR) is 69.3 cm³/mol. The molecule has 0 saturated carbocycles. The molecule has 1 aromatic carbocycles.